The van der Waals surface area contributed by atoms with Gasteiger partial charge in [0.25, 0.3) is 11.6 Å². The van der Waals surface area contributed by atoms with Crippen molar-refractivity contribution in [3.8, 4) is 11.3 Å². The van der Waals surface area contributed by atoms with Crippen LogP contribution in [0.4, 0.5) is 11.4 Å². The number of nitrogens with zero attached hydrogens (tertiary/aromatic N) is 2. The number of anilines is 1. The van der Waals surface area contributed by atoms with Gasteiger partial charge < -0.3 is 19.4 Å². The molecule has 2 fully saturated rings. The number of benzene rings is 1. The van der Waals surface area contributed by atoms with Gasteiger partial charge in [-0.1, -0.05) is 24.0 Å². The third-order valence-corrected chi connectivity index (χ3v) is 5.51. The third-order valence-electron chi connectivity index (χ3n) is 4.35. The van der Waals surface area contributed by atoms with Crippen LogP contribution in [-0.2, 0) is 9.53 Å². The van der Waals surface area contributed by atoms with Crippen LogP contribution >= 0.6 is 24.0 Å². The molecule has 10 heteroatoms. The second kappa shape index (κ2) is 7.74. The topological polar surface area (TPSA) is 97.9 Å². The highest BCUT2D eigenvalue weighted by molar-refractivity contribution is 8.26. The first-order chi connectivity index (χ1) is 13.5. The molecule has 0 saturated carbocycles. The quantitative estimate of drug-likeness (QED) is 0.351. The number of thiocarbonyl (C=S) groups is 1. The largest absolute Gasteiger partial charge is 0.457 e. The van der Waals surface area contributed by atoms with Crippen LogP contribution in [0.2, 0.25) is 0 Å². The van der Waals surface area contributed by atoms with Crippen LogP contribution in [0.15, 0.2) is 39.7 Å². The fraction of sp³-hybridized carbons (Fsp3) is 0.222. The van der Waals surface area contributed by atoms with Crippen LogP contribution < -0.4 is 10.2 Å². The predicted octanol–water partition coefficient (Wildman–Crippen LogP) is 3.18. The molecule has 2 aliphatic heterocycles. The minimum Gasteiger partial charge on any atom is -0.457 e. The molecule has 1 N–H and O–H groups in total. The molecule has 2 saturated heterocycles. The van der Waals surface area contributed by atoms with Crippen molar-refractivity contribution < 1.29 is 18.9 Å². The average Bonchev–Trinajstić information content (AvgIpc) is 3.28. The molecule has 2 aromatic rings. The van der Waals surface area contributed by atoms with Gasteiger partial charge in [0.15, 0.2) is 0 Å². The molecule has 3 heterocycles. The lowest BCUT2D eigenvalue weighted by Gasteiger charge is -2.28. The Morgan fingerprint density at radius 2 is 2.04 bits per heavy atom. The molecule has 4 rings (SSSR count). The highest BCUT2D eigenvalue weighted by Crippen LogP contribution is 2.35. The summed E-state index contributed by atoms with van der Waals surface area (Å²) in [6, 6.07) is 8.46. The van der Waals surface area contributed by atoms with E-state index in [9.17, 15) is 14.9 Å². The fourth-order valence-corrected chi connectivity index (χ4v) is 4.05. The lowest BCUT2D eigenvalue weighted by Crippen LogP contribution is -2.36. The Bertz CT molecular complexity index is 995. The Hall–Kier alpha value is -2.69. The summed E-state index contributed by atoms with van der Waals surface area (Å²) in [5, 5.41) is 14.1. The number of carbonyl (C=O) groups is 1. The Morgan fingerprint density at radius 3 is 2.71 bits per heavy atom. The van der Waals surface area contributed by atoms with Crippen LogP contribution in [0.5, 0.6) is 0 Å². The molecule has 0 radical (unpaired) electrons. The number of thioether (sulfide) groups is 1. The molecule has 1 aromatic heterocycles. The number of amides is 1. The standard InChI is InChI=1S/C18H15N3O5S2/c22-17-16(28-18(27)19-17)10-12-2-4-15(26-12)11-1-3-13(14(9-11)21(23)24)20-5-7-25-8-6-20/h1-4,9-10H,5-8H2,(H,19,22,27)/b16-10+. The van der Waals surface area contributed by atoms with Crippen LogP contribution in [0, 0.1) is 10.1 Å². The molecule has 8 nitrogen and oxygen atoms in total. The number of morpholine rings is 1. The van der Waals surface area contributed by atoms with E-state index in [4.69, 9.17) is 21.4 Å². The smallest absolute Gasteiger partial charge is 0.293 e. The minimum absolute atomic E-state index is 0.0202. The number of rotatable bonds is 4. The van der Waals surface area contributed by atoms with Crippen molar-refractivity contribution in [3.63, 3.8) is 0 Å². The first-order valence-electron chi connectivity index (χ1n) is 8.47. The fourth-order valence-electron chi connectivity index (χ4n) is 3.03. The number of ether oxygens (including phenoxy) is 1. The highest BCUT2D eigenvalue weighted by Gasteiger charge is 2.24. The van der Waals surface area contributed by atoms with Crippen molar-refractivity contribution in [2.75, 3.05) is 31.2 Å². The van der Waals surface area contributed by atoms with E-state index in [1.165, 1.54) is 6.07 Å². The first kappa shape index (κ1) is 18.7. The molecule has 1 amide bonds. The van der Waals surface area contributed by atoms with Crippen molar-refractivity contribution in [3.05, 3.63) is 51.1 Å². The van der Waals surface area contributed by atoms with Gasteiger partial charge in [0.1, 0.15) is 21.5 Å². The number of hydrogen-bond donors (Lipinski definition) is 1. The van der Waals surface area contributed by atoms with Crippen molar-refractivity contribution in [1.29, 1.82) is 0 Å². The van der Waals surface area contributed by atoms with Crippen LogP contribution in [0.3, 0.4) is 0 Å². The van der Waals surface area contributed by atoms with Crippen molar-refractivity contribution in [1.82, 2.24) is 5.32 Å². The second-order valence-electron chi connectivity index (χ2n) is 6.11. The average molecular weight is 417 g/mol. The Morgan fingerprint density at radius 1 is 1.25 bits per heavy atom. The minimum atomic E-state index is -0.388. The molecule has 0 aliphatic carbocycles. The number of nitrogens with one attached hydrogen (secondary N) is 1. The van der Waals surface area contributed by atoms with Crippen molar-refractivity contribution in [2.45, 2.75) is 0 Å². The third kappa shape index (κ3) is 3.79. The van der Waals surface area contributed by atoms with E-state index < -0.39 is 0 Å². The maximum Gasteiger partial charge on any atom is 0.293 e. The monoisotopic (exact) mass is 417 g/mol. The molecule has 0 unspecified atom stereocenters. The van der Waals surface area contributed by atoms with E-state index in [0.717, 1.165) is 11.8 Å². The normalized spacial score (nSPS) is 18.6. The highest BCUT2D eigenvalue weighted by atomic mass is 32.2. The Balaban J connectivity index is 1.63. The Labute approximate surface area is 169 Å². The summed E-state index contributed by atoms with van der Waals surface area (Å²) >= 11 is 6.12. The van der Waals surface area contributed by atoms with E-state index in [1.54, 1.807) is 30.3 Å². The molecular weight excluding hydrogens is 402 g/mol. The number of nitro groups is 1. The molecule has 28 heavy (non-hydrogen) atoms. The maximum absolute atomic E-state index is 11.8. The predicted molar refractivity (Wildman–Crippen MR) is 110 cm³/mol. The molecule has 2 aliphatic rings. The molecular formula is C18H15N3O5S2. The zero-order chi connectivity index (χ0) is 19.7. The van der Waals surface area contributed by atoms with E-state index >= 15 is 0 Å². The molecule has 0 bridgehead atoms. The first-order valence-corrected chi connectivity index (χ1v) is 9.70. The van der Waals surface area contributed by atoms with E-state index in [1.807, 2.05) is 4.90 Å². The zero-order valence-electron chi connectivity index (χ0n) is 14.5. The lowest BCUT2D eigenvalue weighted by atomic mass is 10.1. The molecule has 144 valence electrons. The second-order valence-corrected chi connectivity index (χ2v) is 7.83. The molecule has 0 atom stereocenters. The van der Waals surface area contributed by atoms with Crippen molar-refractivity contribution in [2.24, 2.45) is 0 Å². The van der Waals surface area contributed by atoms with Gasteiger partial charge in [0.2, 0.25) is 0 Å². The summed E-state index contributed by atoms with van der Waals surface area (Å²) in [5.74, 6) is 0.685. The number of nitro benzene ring substituents is 1. The molecule has 1 aromatic carbocycles. The van der Waals surface area contributed by atoms with E-state index in [2.05, 4.69) is 5.32 Å². The van der Waals surface area contributed by atoms with Gasteiger partial charge in [-0.15, -0.1) is 0 Å². The van der Waals surface area contributed by atoms with Crippen LogP contribution in [0.25, 0.3) is 17.4 Å². The summed E-state index contributed by atoms with van der Waals surface area (Å²) < 4.78 is 11.5. The van der Waals surface area contributed by atoms with E-state index in [-0.39, 0.29) is 16.5 Å². The lowest BCUT2D eigenvalue weighted by molar-refractivity contribution is -0.384. The van der Waals surface area contributed by atoms with Gasteiger partial charge >= 0.3 is 0 Å². The van der Waals surface area contributed by atoms with E-state index in [0.29, 0.717) is 58.3 Å². The Kier molecular flexibility index (Phi) is 5.16. The van der Waals surface area contributed by atoms with Gasteiger partial charge in [0.05, 0.1) is 23.0 Å². The summed E-state index contributed by atoms with van der Waals surface area (Å²) in [4.78, 5) is 25.4. The van der Waals surface area contributed by atoms with Crippen molar-refractivity contribution >= 4 is 51.7 Å². The molecule has 0 spiro atoms. The number of hydrogen-bond acceptors (Lipinski definition) is 8. The summed E-state index contributed by atoms with van der Waals surface area (Å²) in [6.07, 6.45) is 1.60. The SMILES string of the molecule is O=C1NC(=S)S/C1=C/c1ccc(-c2ccc(N3CCOCC3)c([N+](=O)[O-])c2)o1. The van der Waals surface area contributed by atoms with Gasteiger partial charge in [-0.2, -0.15) is 0 Å². The number of furan rings is 1. The van der Waals surface area contributed by atoms with Gasteiger partial charge in [-0.25, -0.2) is 0 Å². The zero-order valence-corrected chi connectivity index (χ0v) is 16.2. The summed E-state index contributed by atoms with van der Waals surface area (Å²) in [6.45, 7) is 2.31. The van der Waals surface area contributed by atoms with Crippen LogP contribution in [0.1, 0.15) is 5.76 Å². The van der Waals surface area contributed by atoms with Gasteiger partial charge in [-0.05, 0) is 24.3 Å². The van der Waals surface area contributed by atoms with Gasteiger partial charge in [0, 0.05) is 30.8 Å². The summed E-state index contributed by atoms with van der Waals surface area (Å²) in [7, 11) is 0. The van der Waals surface area contributed by atoms with Gasteiger partial charge in [-0.3, -0.25) is 14.9 Å². The summed E-state index contributed by atoms with van der Waals surface area (Å²) in [5.41, 5.74) is 1.18. The maximum atomic E-state index is 11.8. The van der Waals surface area contributed by atoms with Crippen LogP contribution in [-0.4, -0.2) is 41.5 Å². The number of carbonyl (C=O) groups excluding carboxylic acids is 1.